The highest BCUT2D eigenvalue weighted by molar-refractivity contribution is 5.85. The smallest absolute Gasteiger partial charge is 0.0526 e. The van der Waals surface area contributed by atoms with Gasteiger partial charge in [0.1, 0.15) is 0 Å². The summed E-state index contributed by atoms with van der Waals surface area (Å²) in [4.78, 5) is 2.29. The van der Waals surface area contributed by atoms with Crippen LogP contribution in [0.2, 0.25) is 0 Å². The van der Waals surface area contributed by atoms with E-state index in [4.69, 9.17) is 5.73 Å². The molecule has 0 saturated carbocycles. The highest BCUT2D eigenvalue weighted by atomic mass is 15.1. The summed E-state index contributed by atoms with van der Waals surface area (Å²) in [7, 11) is 0. The molecule has 2 N–H and O–H groups in total. The molecule has 0 fully saturated rings. The van der Waals surface area contributed by atoms with Crippen molar-refractivity contribution in [2.75, 3.05) is 23.7 Å². The van der Waals surface area contributed by atoms with Crippen molar-refractivity contribution in [1.29, 1.82) is 0 Å². The lowest BCUT2D eigenvalue weighted by molar-refractivity contribution is 0.866. The average Bonchev–Trinajstić information content (AvgIpc) is 2.41. The minimum Gasteiger partial charge on any atom is -0.398 e. The van der Waals surface area contributed by atoms with Crippen molar-refractivity contribution in [2.24, 2.45) is 0 Å². The monoisotopic (exact) mass is 239 g/mol. The fraction of sp³-hybridized carbons (Fsp3) is 0.250. The minimum atomic E-state index is 0.811. The first-order valence-corrected chi connectivity index (χ1v) is 6.38. The van der Waals surface area contributed by atoms with E-state index >= 15 is 0 Å². The van der Waals surface area contributed by atoms with Gasteiger partial charge in [-0.05, 0) is 19.9 Å². The van der Waals surface area contributed by atoms with Crippen LogP contribution in [0, 0.1) is 6.07 Å². The van der Waals surface area contributed by atoms with E-state index in [2.05, 4.69) is 36.9 Å². The Hall–Kier alpha value is -1.96. The molecular weight excluding hydrogens is 220 g/mol. The third kappa shape index (κ3) is 2.33. The Labute approximate surface area is 109 Å². The first-order valence-electron chi connectivity index (χ1n) is 6.38. The van der Waals surface area contributed by atoms with Gasteiger partial charge >= 0.3 is 0 Å². The lowest BCUT2D eigenvalue weighted by atomic mass is 10.0. The van der Waals surface area contributed by atoms with Crippen LogP contribution in [0.15, 0.2) is 42.5 Å². The maximum atomic E-state index is 6.07. The van der Waals surface area contributed by atoms with E-state index < -0.39 is 0 Å². The Balaban J connectivity index is 2.55. The molecule has 1 radical (unpaired) electrons. The van der Waals surface area contributed by atoms with Crippen LogP contribution < -0.4 is 10.6 Å². The van der Waals surface area contributed by atoms with Crippen LogP contribution >= 0.6 is 0 Å². The Morgan fingerprint density at radius 1 is 1.00 bits per heavy atom. The third-order valence-corrected chi connectivity index (χ3v) is 3.16. The van der Waals surface area contributed by atoms with Crippen LogP contribution in [0.25, 0.3) is 11.1 Å². The van der Waals surface area contributed by atoms with E-state index in [0.29, 0.717) is 0 Å². The maximum Gasteiger partial charge on any atom is 0.0526 e. The van der Waals surface area contributed by atoms with E-state index in [0.717, 1.165) is 35.6 Å². The van der Waals surface area contributed by atoms with Crippen molar-refractivity contribution >= 4 is 11.4 Å². The summed E-state index contributed by atoms with van der Waals surface area (Å²) in [5.74, 6) is 0. The zero-order valence-corrected chi connectivity index (χ0v) is 11.0. The molecule has 0 bridgehead atoms. The normalized spacial score (nSPS) is 10.3. The first-order chi connectivity index (χ1) is 8.77. The lowest BCUT2D eigenvalue weighted by Crippen LogP contribution is -2.22. The molecular formula is C16H19N2. The van der Waals surface area contributed by atoms with Crippen molar-refractivity contribution in [1.82, 2.24) is 0 Å². The van der Waals surface area contributed by atoms with Crippen LogP contribution in [0.5, 0.6) is 0 Å². The second kappa shape index (κ2) is 5.58. The average molecular weight is 239 g/mol. The fourth-order valence-electron chi connectivity index (χ4n) is 2.19. The molecule has 93 valence electrons. The summed E-state index contributed by atoms with van der Waals surface area (Å²) in [6, 6.07) is 17.4. The summed E-state index contributed by atoms with van der Waals surface area (Å²) in [6.07, 6.45) is 0. The molecule has 2 aromatic rings. The number of benzene rings is 2. The molecule has 2 rings (SSSR count). The van der Waals surface area contributed by atoms with Gasteiger partial charge in [0.05, 0.1) is 5.69 Å². The Morgan fingerprint density at radius 2 is 1.67 bits per heavy atom. The van der Waals surface area contributed by atoms with Crippen molar-refractivity contribution in [3.8, 4) is 11.1 Å². The molecule has 0 heterocycles. The molecule has 2 nitrogen and oxygen atoms in total. The van der Waals surface area contributed by atoms with E-state index in [1.54, 1.807) is 0 Å². The van der Waals surface area contributed by atoms with Gasteiger partial charge in [0.15, 0.2) is 0 Å². The topological polar surface area (TPSA) is 29.3 Å². The predicted octanol–water partition coefficient (Wildman–Crippen LogP) is 3.58. The first kappa shape index (κ1) is 12.5. The molecule has 0 unspecified atom stereocenters. The zero-order valence-electron chi connectivity index (χ0n) is 11.0. The van der Waals surface area contributed by atoms with Crippen LogP contribution in [-0.4, -0.2) is 13.1 Å². The van der Waals surface area contributed by atoms with Crippen LogP contribution in [0.1, 0.15) is 13.8 Å². The number of nitrogens with two attached hydrogens (primary N) is 1. The Morgan fingerprint density at radius 3 is 2.33 bits per heavy atom. The molecule has 0 spiro atoms. The molecule has 0 amide bonds. The summed E-state index contributed by atoms with van der Waals surface area (Å²) in [5.41, 5.74) is 10.2. The zero-order chi connectivity index (χ0) is 13.0. The molecule has 0 aliphatic carbocycles. The van der Waals surface area contributed by atoms with Crippen molar-refractivity contribution in [2.45, 2.75) is 13.8 Å². The van der Waals surface area contributed by atoms with Crippen LogP contribution in [0.3, 0.4) is 0 Å². The van der Waals surface area contributed by atoms with Crippen molar-refractivity contribution in [3.63, 3.8) is 0 Å². The quantitative estimate of drug-likeness (QED) is 0.826. The molecule has 0 saturated heterocycles. The third-order valence-electron chi connectivity index (χ3n) is 3.16. The van der Waals surface area contributed by atoms with Gasteiger partial charge in [-0.3, -0.25) is 0 Å². The minimum absolute atomic E-state index is 0.811. The summed E-state index contributed by atoms with van der Waals surface area (Å²) < 4.78 is 0. The van der Waals surface area contributed by atoms with Gasteiger partial charge in [0.25, 0.3) is 0 Å². The van der Waals surface area contributed by atoms with Crippen molar-refractivity contribution in [3.05, 3.63) is 48.5 Å². The molecule has 0 aliphatic heterocycles. The largest absolute Gasteiger partial charge is 0.398 e. The standard InChI is InChI=1S/C16H19N2/c1-3-18(4-2)16-12-8-6-10-14(16)13-9-5-7-11-15(13)17/h5-11H,3-4,17H2,1-2H3. The number of hydrogen-bond donors (Lipinski definition) is 1. The fourth-order valence-corrected chi connectivity index (χ4v) is 2.19. The second-order valence-electron chi connectivity index (χ2n) is 4.19. The Bertz CT molecular complexity index is 516. The Kier molecular flexibility index (Phi) is 3.88. The number of para-hydroxylation sites is 2. The number of anilines is 2. The van der Waals surface area contributed by atoms with Gasteiger partial charge in [-0.15, -0.1) is 0 Å². The van der Waals surface area contributed by atoms with Gasteiger partial charge in [-0.2, -0.15) is 0 Å². The van der Waals surface area contributed by atoms with E-state index in [9.17, 15) is 0 Å². The predicted molar refractivity (Wildman–Crippen MR) is 78.7 cm³/mol. The van der Waals surface area contributed by atoms with Gasteiger partial charge in [-0.25, -0.2) is 0 Å². The van der Waals surface area contributed by atoms with E-state index in [1.807, 2.05) is 30.3 Å². The molecule has 0 atom stereocenters. The number of hydrogen-bond acceptors (Lipinski definition) is 2. The van der Waals surface area contributed by atoms with Gasteiger partial charge in [0, 0.05) is 36.0 Å². The molecule has 18 heavy (non-hydrogen) atoms. The highest BCUT2D eigenvalue weighted by Crippen LogP contribution is 2.33. The van der Waals surface area contributed by atoms with Crippen molar-refractivity contribution < 1.29 is 0 Å². The molecule has 2 aromatic carbocycles. The summed E-state index contributed by atoms with van der Waals surface area (Å²) in [6.45, 7) is 6.25. The van der Waals surface area contributed by atoms with E-state index in [1.165, 1.54) is 0 Å². The summed E-state index contributed by atoms with van der Waals surface area (Å²) >= 11 is 0. The van der Waals surface area contributed by atoms with E-state index in [-0.39, 0.29) is 0 Å². The van der Waals surface area contributed by atoms with Gasteiger partial charge in [-0.1, -0.05) is 36.4 Å². The highest BCUT2D eigenvalue weighted by Gasteiger charge is 2.11. The second-order valence-corrected chi connectivity index (χ2v) is 4.19. The maximum absolute atomic E-state index is 6.07. The molecule has 2 heteroatoms. The van der Waals surface area contributed by atoms with Gasteiger partial charge < -0.3 is 10.6 Å². The SMILES string of the molecule is CCN(CC)c1[c]cccc1-c1ccccc1N. The lowest BCUT2D eigenvalue weighted by Gasteiger charge is -2.24. The van der Waals surface area contributed by atoms with Gasteiger partial charge in [0.2, 0.25) is 0 Å². The summed E-state index contributed by atoms with van der Waals surface area (Å²) in [5, 5.41) is 0. The number of nitrogens with zero attached hydrogens (tertiary/aromatic N) is 1. The van der Waals surface area contributed by atoms with Crippen LogP contribution in [-0.2, 0) is 0 Å². The molecule has 0 aromatic heterocycles. The molecule has 0 aliphatic rings. The number of rotatable bonds is 4. The van der Waals surface area contributed by atoms with Crippen LogP contribution in [0.4, 0.5) is 11.4 Å². The number of nitrogen functional groups attached to an aromatic ring is 1.